The second-order valence-electron chi connectivity index (χ2n) is 6.19. The summed E-state index contributed by atoms with van der Waals surface area (Å²) >= 11 is 0. The van der Waals surface area contributed by atoms with Gasteiger partial charge in [0.25, 0.3) is 5.91 Å². The van der Waals surface area contributed by atoms with Gasteiger partial charge in [-0.15, -0.1) is 0 Å². The zero-order valence-corrected chi connectivity index (χ0v) is 14.0. The summed E-state index contributed by atoms with van der Waals surface area (Å²) in [5, 5.41) is 5.42. The molecule has 0 saturated carbocycles. The summed E-state index contributed by atoms with van der Waals surface area (Å²) in [6.45, 7) is -0.0272. The van der Waals surface area contributed by atoms with E-state index in [-0.39, 0.29) is 12.3 Å². The van der Waals surface area contributed by atoms with Crippen LogP contribution in [0.25, 0.3) is 21.7 Å². The van der Waals surface area contributed by atoms with Gasteiger partial charge in [-0.3, -0.25) is 4.79 Å². The number of hydrogen-bond acceptors (Lipinski definition) is 2. The predicted molar refractivity (Wildman–Crippen MR) is 96.3 cm³/mol. The molecule has 0 aliphatic rings. The van der Waals surface area contributed by atoms with E-state index >= 15 is 0 Å². The number of rotatable bonds is 3. The van der Waals surface area contributed by atoms with Crippen molar-refractivity contribution in [2.24, 2.45) is 0 Å². The summed E-state index contributed by atoms with van der Waals surface area (Å²) in [6.07, 6.45) is -4.42. The van der Waals surface area contributed by atoms with Gasteiger partial charge in [0.2, 0.25) is 0 Å². The van der Waals surface area contributed by atoms with Crippen molar-refractivity contribution in [2.45, 2.75) is 12.7 Å². The molecule has 1 aromatic heterocycles. The third-order valence-corrected chi connectivity index (χ3v) is 4.36. The van der Waals surface area contributed by atoms with Gasteiger partial charge in [-0.25, -0.2) is 0 Å². The Morgan fingerprint density at radius 2 is 1.74 bits per heavy atom. The van der Waals surface area contributed by atoms with Gasteiger partial charge in [0, 0.05) is 11.9 Å². The molecule has 0 unspecified atom stereocenters. The summed E-state index contributed by atoms with van der Waals surface area (Å²) in [5.74, 6) is -0.360. The van der Waals surface area contributed by atoms with Crippen molar-refractivity contribution in [2.75, 3.05) is 0 Å². The van der Waals surface area contributed by atoms with Gasteiger partial charge >= 0.3 is 6.18 Å². The highest BCUT2D eigenvalue weighted by Gasteiger charge is 2.30. The molecule has 0 spiro atoms. The molecule has 3 nitrogen and oxygen atoms in total. The molecule has 0 aliphatic heterocycles. The van der Waals surface area contributed by atoms with Crippen LogP contribution in [-0.2, 0) is 12.7 Å². The van der Waals surface area contributed by atoms with E-state index in [0.29, 0.717) is 11.1 Å². The quantitative estimate of drug-likeness (QED) is 0.516. The number of carbonyl (C=O) groups is 1. The Morgan fingerprint density at radius 1 is 0.926 bits per heavy atom. The third kappa shape index (κ3) is 3.38. The first-order chi connectivity index (χ1) is 12.9. The molecule has 0 bridgehead atoms. The second kappa shape index (κ2) is 6.46. The Labute approximate surface area is 152 Å². The molecule has 0 aliphatic carbocycles. The lowest BCUT2D eigenvalue weighted by atomic mass is 10.1. The van der Waals surface area contributed by atoms with Crippen molar-refractivity contribution in [3.05, 3.63) is 83.6 Å². The molecule has 1 heterocycles. The monoisotopic (exact) mass is 369 g/mol. The summed E-state index contributed by atoms with van der Waals surface area (Å²) in [5.41, 5.74) is 0.196. The maximum Gasteiger partial charge on any atom is 0.416 e. The van der Waals surface area contributed by atoms with Gasteiger partial charge in [0.05, 0.1) is 5.56 Å². The van der Waals surface area contributed by atoms with Crippen molar-refractivity contribution in [3.8, 4) is 0 Å². The molecule has 27 heavy (non-hydrogen) atoms. The lowest BCUT2D eigenvalue weighted by Crippen LogP contribution is -2.22. The largest absolute Gasteiger partial charge is 0.451 e. The highest BCUT2D eigenvalue weighted by atomic mass is 19.4. The Hall–Kier alpha value is -3.28. The SMILES string of the molecule is O=C(NCc1cccc(C(F)(F)F)c1)c1cc2c(ccc3ccccc32)o1. The highest BCUT2D eigenvalue weighted by Crippen LogP contribution is 2.30. The van der Waals surface area contributed by atoms with E-state index in [4.69, 9.17) is 4.42 Å². The van der Waals surface area contributed by atoms with Gasteiger partial charge in [-0.2, -0.15) is 13.2 Å². The van der Waals surface area contributed by atoms with E-state index in [1.807, 2.05) is 30.3 Å². The molecule has 0 saturated heterocycles. The van der Waals surface area contributed by atoms with Gasteiger partial charge < -0.3 is 9.73 Å². The molecule has 0 fully saturated rings. The molecule has 6 heteroatoms. The molecule has 0 atom stereocenters. The maximum atomic E-state index is 12.8. The molecule has 1 N–H and O–H groups in total. The van der Waals surface area contributed by atoms with Crippen molar-refractivity contribution in [3.63, 3.8) is 0 Å². The molecule has 3 aromatic carbocycles. The zero-order chi connectivity index (χ0) is 19.0. The number of nitrogens with one attached hydrogen (secondary N) is 1. The number of carbonyl (C=O) groups excluding carboxylic acids is 1. The fourth-order valence-corrected chi connectivity index (χ4v) is 3.03. The van der Waals surface area contributed by atoms with E-state index in [1.54, 1.807) is 12.1 Å². The molecule has 0 radical (unpaired) electrons. The van der Waals surface area contributed by atoms with Gasteiger partial charge in [0.15, 0.2) is 5.76 Å². The van der Waals surface area contributed by atoms with Crippen LogP contribution in [0, 0.1) is 0 Å². The maximum absolute atomic E-state index is 12.8. The summed E-state index contributed by atoms with van der Waals surface area (Å²) in [6, 6.07) is 18.0. The average molecular weight is 369 g/mol. The minimum Gasteiger partial charge on any atom is -0.451 e. The van der Waals surface area contributed by atoms with Crippen molar-refractivity contribution < 1.29 is 22.4 Å². The van der Waals surface area contributed by atoms with E-state index in [9.17, 15) is 18.0 Å². The molecule has 4 rings (SSSR count). The van der Waals surface area contributed by atoms with E-state index in [1.165, 1.54) is 12.1 Å². The first-order valence-corrected chi connectivity index (χ1v) is 8.27. The number of fused-ring (bicyclic) bond motifs is 3. The third-order valence-electron chi connectivity index (χ3n) is 4.36. The number of halogens is 3. The summed E-state index contributed by atoms with van der Waals surface area (Å²) in [7, 11) is 0. The van der Waals surface area contributed by atoms with Gasteiger partial charge in [0.1, 0.15) is 5.58 Å². The number of alkyl halides is 3. The standard InChI is InChI=1S/C21H14F3NO2/c22-21(23,24)15-6-3-4-13(10-15)12-25-20(26)19-11-17-16-7-2-1-5-14(16)8-9-18(17)27-19/h1-11H,12H2,(H,25,26). The van der Waals surface area contributed by atoms with Crippen LogP contribution in [0.2, 0.25) is 0 Å². The first kappa shape index (κ1) is 17.1. The van der Waals surface area contributed by atoms with Gasteiger partial charge in [-0.05, 0) is 40.6 Å². The Morgan fingerprint density at radius 3 is 2.56 bits per heavy atom. The Balaban J connectivity index is 1.56. The smallest absolute Gasteiger partial charge is 0.416 e. The second-order valence-corrected chi connectivity index (χ2v) is 6.19. The van der Waals surface area contributed by atoms with E-state index < -0.39 is 17.6 Å². The number of furan rings is 1. The average Bonchev–Trinajstić information content (AvgIpc) is 3.10. The lowest BCUT2D eigenvalue weighted by molar-refractivity contribution is -0.137. The predicted octanol–water partition coefficient (Wildman–Crippen LogP) is 5.53. The van der Waals surface area contributed by atoms with Crippen molar-refractivity contribution in [1.29, 1.82) is 0 Å². The molecular formula is C21H14F3NO2. The molecule has 1 amide bonds. The Kier molecular flexibility index (Phi) is 4.11. The summed E-state index contributed by atoms with van der Waals surface area (Å²) < 4.78 is 43.9. The van der Waals surface area contributed by atoms with Crippen LogP contribution in [0.1, 0.15) is 21.7 Å². The van der Waals surface area contributed by atoms with Gasteiger partial charge in [-0.1, -0.05) is 42.5 Å². The fraction of sp³-hybridized carbons (Fsp3) is 0.0952. The van der Waals surface area contributed by atoms with Crippen molar-refractivity contribution >= 4 is 27.6 Å². The van der Waals surface area contributed by atoms with E-state index in [2.05, 4.69) is 5.32 Å². The topological polar surface area (TPSA) is 42.2 Å². The minimum atomic E-state index is -4.42. The highest BCUT2D eigenvalue weighted by molar-refractivity contribution is 6.08. The van der Waals surface area contributed by atoms with Crippen molar-refractivity contribution in [1.82, 2.24) is 5.32 Å². The van der Waals surface area contributed by atoms with Crippen LogP contribution in [-0.4, -0.2) is 5.91 Å². The van der Waals surface area contributed by atoms with Crippen LogP contribution in [0.4, 0.5) is 13.2 Å². The number of amides is 1. The normalized spacial score (nSPS) is 11.8. The molecule has 4 aromatic rings. The summed E-state index contributed by atoms with van der Waals surface area (Å²) in [4.78, 5) is 12.4. The van der Waals surface area contributed by atoms with Crippen LogP contribution in [0.5, 0.6) is 0 Å². The minimum absolute atomic E-state index is 0.0272. The first-order valence-electron chi connectivity index (χ1n) is 8.27. The number of hydrogen-bond donors (Lipinski definition) is 1. The zero-order valence-electron chi connectivity index (χ0n) is 14.0. The van der Waals surface area contributed by atoms with Crippen LogP contribution in [0.3, 0.4) is 0 Å². The fourth-order valence-electron chi connectivity index (χ4n) is 3.03. The van der Waals surface area contributed by atoms with Crippen LogP contribution in [0.15, 0.2) is 71.1 Å². The van der Waals surface area contributed by atoms with Crippen LogP contribution >= 0.6 is 0 Å². The van der Waals surface area contributed by atoms with E-state index in [0.717, 1.165) is 28.3 Å². The molecule has 136 valence electrons. The number of benzene rings is 3. The van der Waals surface area contributed by atoms with Crippen LogP contribution < -0.4 is 5.32 Å². The molecular weight excluding hydrogens is 355 g/mol. The Bertz CT molecular complexity index is 1150. The lowest BCUT2D eigenvalue weighted by Gasteiger charge is -2.09.